The van der Waals surface area contributed by atoms with Crippen molar-refractivity contribution < 1.29 is 18.8 Å². The summed E-state index contributed by atoms with van der Waals surface area (Å²) < 4.78 is 18.0. The second kappa shape index (κ2) is 5.34. The zero-order valence-corrected chi connectivity index (χ0v) is 9.76. The van der Waals surface area contributed by atoms with Crippen LogP contribution in [-0.4, -0.2) is 27.8 Å². The molecular weight excluding hydrogens is 255 g/mol. The molecule has 0 atom stereocenters. The molecule has 100 valence electrons. The second-order valence-corrected chi connectivity index (χ2v) is 3.70. The van der Waals surface area contributed by atoms with Crippen LogP contribution in [0.2, 0.25) is 0 Å². The number of rotatable bonds is 5. The van der Waals surface area contributed by atoms with Crippen molar-refractivity contribution in [2.45, 2.75) is 6.42 Å². The van der Waals surface area contributed by atoms with Crippen molar-refractivity contribution in [3.8, 4) is 0 Å². The number of nitrogens with one attached hydrogen (secondary N) is 1. The summed E-state index contributed by atoms with van der Waals surface area (Å²) in [6.45, 7) is 0.355. The van der Waals surface area contributed by atoms with Crippen molar-refractivity contribution in [3.63, 3.8) is 0 Å². The van der Waals surface area contributed by atoms with Gasteiger partial charge in [0, 0.05) is 13.0 Å². The number of benzene rings is 1. The molecule has 0 unspecified atom stereocenters. The fourth-order valence-corrected chi connectivity index (χ4v) is 1.58. The van der Waals surface area contributed by atoms with Crippen LogP contribution in [0.1, 0.15) is 16.2 Å². The van der Waals surface area contributed by atoms with Crippen LogP contribution in [-0.2, 0) is 6.42 Å². The summed E-state index contributed by atoms with van der Waals surface area (Å²) in [5.41, 5.74) is 4.98. The largest absolute Gasteiger partial charge is 0.478 e. The van der Waals surface area contributed by atoms with Gasteiger partial charge >= 0.3 is 5.97 Å². The Kier molecular flexibility index (Phi) is 3.60. The number of carboxylic acid groups (broad SMARTS) is 1. The smallest absolute Gasteiger partial charge is 0.340 e. The van der Waals surface area contributed by atoms with Gasteiger partial charge < -0.3 is 20.7 Å². The predicted octanol–water partition coefficient (Wildman–Crippen LogP) is 1.14. The highest BCUT2D eigenvalue weighted by Gasteiger charge is 2.17. The predicted molar refractivity (Wildman–Crippen MR) is 64.3 cm³/mol. The maximum absolute atomic E-state index is 13.2. The fraction of sp³-hybridized carbons (Fsp3) is 0.182. The summed E-state index contributed by atoms with van der Waals surface area (Å²) in [5, 5.41) is 15.3. The molecule has 0 aliphatic rings. The highest BCUT2D eigenvalue weighted by molar-refractivity contribution is 6.00. The number of halogens is 1. The first kappa shape index (κ1) is 12.8. The molecule has 2 aromatic rings. The third-order valence-corrected chi connectivity index (χ3v) is 2.47. The first-order chi connectivity index (χ1) is 9.09. The highest BCUT2D eigenvalue weighted by atomic mass is 19.1. The van der Waals surface area contributed by atoms with Crippen LogP contribution in [0.25, 0.3) is 0 Å². The molecule has 0 radical (unpaired) electrons. The average Bonchev–Trinajstić information content (AvgIpc) is 2.86. The molecule has 1 aromatic heterocycles. The lowest BCUT2D eigenvalue weighted by molar-refractivity contribution is 0.0698. The molecule has 7 nitrogen and oxygen atoms in total. The van der Waals surface area contributed by atoms with Crippen LogP contribution in [0.4, 0.5) is 15.8 Å². The number of nitrogen functional groups attached to an aromatic ring is 1. The van der Waals surface area contributed by atoms with Gasteiger partial charge in [0.05, 0.1) is 11.4 Å². The van der Waals surface area contributed by atoms with E-state index in [4.69, 9.17) is 15.4 Å². The molecule has 0 aliphatic carbocycles. The van der Waals surface area contributed by atoms with Gasteiger partial charge in [-0.1, -0.05) is 5.16 Å². The lowest BCUT2D eigenvalue weighted by atomic mass is 10.1. The van der Waals surface area contributed by atoms with Crippen LogP contribution in [0.3, 0.4) is 0 Å². The Morgan fingerprint density at radius 2 is 2.32 bits per heavy atom. The molecular formula is C11H11FN4O3. The molecule has 0 spiro atoms. The Hall–Kier alpha value is -2.64. The molecule has 0 aliphatic heterocycles. The second-order valence-electron chi connectivity index (χ2n) is 3.70. The third-order valence-electron chi connectivity index (χ3n) is 2.47. The summed E-state index contributed by atoms with van der Waals surface area (Å²) in [6, 6.07) is 2.43. The van der Waals surface area contributed by atoms with Crippen molar-refractivity contribution in [2.24, 2.45) is 0 Å². The van der Waals surface area contributed by atoms with Gasteiger partial charge in [-0.2, -0.15) is 4.98 Å². The van der Waals surface area contributed by atoms with Crippen LogP contribution < -0.4 is 11.1 Å². The topological polar surface area (TPSA) is 114 Å². The number of aromatic nitrogens is 2. The van der Waals surface area contributed by atoms with Crippen molar-refractivity contribution >= 4 is 17.3 Å². The molecule has 1 heterocycles. The van der Waals surface area contributed by atoms with E-state index in [-0.39, 0.29) is 11.3 Å². The molecule has 0 bridgehead atoms. The number of hydrogen-bond donors (Lipinski definition) is 3. The van der Waals surface area contributed by atoms with Crippen LogP contribution >= 0.6 is 0 Å². The number of carbonyl (C=O) groups is 1. The number of nitrogens with two attached hydrogens (primary N) is 1. The van der Waals surface area contributed by atoms with E-state index in [1.54, 1.807) is 0 Å². The van der Waals surface area contributed by atoms with Gasteiger partial charge in [-0.3, -0.25) is 0 Å². The molecule has 4 N–H and O–H groups in total. The van der Waals surface area contributed by atoms with Crippen LogP contribution in [0.15, 0.2) is 23.0 Å². The lowest BCUT2D eigenvalue weighted by Crippen LogP contribution is -2.12. The minimum atomic E-state index is -1.29. The van der Waals surface area contributed by atoms with Gasteiger partial charge in [-0.15, -0.1) is 0 Å². The van der Waals surface area contributed by atoms with Crippen molar-refractivity contribution in [2.75, 3.05) is 17.6 Å². The van der Waals surface area contributed by atoms with E-state index in [9.17, 15) is 9.18 Å². The van der Waals surface area contributed by atoms with Gasteiger partial charge in [-0.05, 0) is 12.1 Å². The zero-order valence-electron chi connectivity index (χ0n) is 9.76. The van der Waals surface area contributed by atoms with Gasteiger partial charge in [0.1, 0.15) is 11.4 Å². The Bertz CT molecular complexity index is 586. The summed E-state index contributed by atoms with van der Waals surface area (Å²) in [6.07, 6.45) is 1.68. The highest BCUT2D eigenvalue weighted by Crippen LogP contribution is 2.25. The van der Waals surface area contributed by atoms with E-state index in [1.165, 1.54) is 12.4 Å². The summed E-state index contributed by atoms with van der Waals surface area (Å²) in [4.78, 5) is 14.9. The number of nitrogens with zero attached hydrogens (tertiary/aromatic N) is 2. The van der Waals surface area contributed by atoms with E-state index in [1.807, 2.05) is 0 Å². The minimum absolute atomic E-state index is 0.242. The molecule has 1 aromatic carbocycles. The van der Waals surface area contributed by atoms with Crippen molar-refractivity contribution in [1.82, 2.24) is 10.1 Å². The molecule has 0 amide bonds. The molecule has 2 rings (SSSR count). The van der Waals surface area contributed by atoms with E-state index in [2.05, 4.69) is 15.5 Å². The molecule has 8 heteroatoms. The molecule has 0 fully saturated rings. The SMILES string of the molecule is Nc1c(F)ccc(NCCc2ncno2)c1C(=O)O. The quantitative estimate of drug-likeness (QED) is 0.695. The van der Waals surface area contributed by atoms with Gasteiger partial charge in [0.15, 0.2) is 6.33 Å². The normalized spacial score (nSPS) is 10.4. The molecule has 19 heavy (non-hydrogen) atoms. The molecule has 0 saturated heterocycles. The zero-order chi connectivity index (χ0) is 13.8. The maximum Gasteiger partial charge on any atom is 0.340 e. The van der Waals surface area contributed by atoms with E-state index in [0.717, 1.165) is 6.07 Å². The Morgan fingerprint density at radius 3 is 2.95 bits per heavy atom. The monoisotopic (exact) mass is 266 g/mol. The Balaban J connectivity index is 2.11. The standard InChI is InChI=1S/C11H11FN4O3/c12-6-1-2-7(9(10(6)13)11(17)18)14-4-3-8-15-5-16-19-8/h1-2,5,14H,3-4,13H2,(H,17,18). The van der Waals surface area contributed by atoms with Gasteiger partial charge in [0.25, 0.3) is 0 Å². The van der Waals surface area contributed by atoms with Crippen molar-refractivity contribution in [3.05, 3.63) is 35.7 Å². The molecule has 0 saturated carbocycles. The average molecular weight is 266 g/mol. The number of carboxylic acids is 1. The minimum Gasteiger partial charge on any atom is -0.478 e. The Labute approximate surface area is 107 Å². The lowest BCUT2D eigenvalue weighted by Gasteiger charge is -2.11. The fourth-order valence-electron chi connectivity index (χ4n) is 1.58. The maximum atomic E-state index is 13.2. The number of hydrogen-bond acceptors (Lipinski definition) is 6. The van der Waals surface area contributed by atoms with Crippen LogP contribution in [0.5, 0.6) is 0 Å². The third kappa shape index (κ3) is 2.79. The van der Waals surface area contributed by atoms with Gasteiger partial charge in [0.2, 0.25) is 5.89 Å². The summed E-state index contributed by atoms with van der Waals surface area (Å²) in [5.74, 6) is -1.64. The summed E-state index contributed by atoms with van der Waals surface area (Å²) >= 11 is 0. The number of aromatic carboxylic acids is 1. The first-order valence-corrected chi connectivity index (χ1v) is 5.40. The van der Waals surface area contributed by atoms with Crippen molar-refractivity contribution in [1.29, 1.82) is 0 Å². The number of anilines is 2. The summed E-state index contributed by atoms with van der Waals surface area (Å²) in [7, 11) is 0. The Morgan fingerprint density at radius 1 is 1.53 bits per heavy atom. The van der Waals surface area contributed by atoms with E-state index < -0.39 is 17.5 Å². The first-order valence-electron chi connectivity index (χ1n) is 5.40. The van der Waals surface area contributed by atoms with E-state index >= 15 is 0 Å². The van der Waals surface area contributed by atoms with Crippen LogP contribution in [0, 0.1) is 5.82 Å². The van der Waals surface area contributed by atoms with E-state index in [0.29, 0.717) is 18.9 Å². The van der Waals surface area contributed by atoms with Gasteiger partial charge in [-0.25, -0.2) is 9.18 Å².